The number of hydrogen-bond acceptors (Lipinski definition) is 3. The van der Waals surface area contributed by atoms with Gasteiger partial charge in [-0.15, -0.1) is 11.3 Å². The van der Waals surface area contributed by atoms with E-state index in [9.17, 15) is 0 Å². The molecule has 0 atom stereocenters. The van der Waals surface area contributed by atoms with Gasteiger partial charge < -0.3 is 4.42 Å². The van der Waals surface area contributed by atoms with Crippen LogP contribution in [0.4, 0.5) is 0 Å². The van der Waals surface area contributed by atoms with Crippen molar-refractivity contribution in [2.24, 2.45) is 0 Å². The molecule has 0 saturated carbocycles. The SMILES string of the molecule is CC(C)(C)c1ccc(B2c3c(ccc4sc5ccccc5c34)-n3c4c2ccc2cccc(c24)n2c4cc5oc6ccccc6c5cc4nc32)cc1. The van der Waals surface area contributed by atoms with E-state index in [1.54, 1.807) is 0 Å². The molecule has 4 aromatic heterocycles. The van der Waals surface area contributed by atoms with Crippen LogP contribution >= 0.6 is 11.3 Å². The van der Waals surface area contributed by atoms with E-state index in [0.717, 1.165) is 44.3 Å². The van der Waals surface area contributed by atoms with Crippen LogP contribution in [0.15, 0.2) is 132 Å². The lowest BCUT2D eigenvalue weighted by atomic mass is 9.35. The molecule has 51 heavy (non-hydrogen) atoms. The number of thiophene rings is 1. The first-order valence-electron chi connectivity index (χ1n) is 17.7. The van der Waals surface area contributed by atoms with E-state index >= 15 is 0 Å². The van der Waals surface area contributed by atoms with Crippen molar-refractivity contribution in [1.29, 1.82) is 0 Å². The third-order valence-electron chi connectivity index (χ3n) is 11.3. The number of fused-ring (bicyclic) bond motifs is 14. The average Bonchev–Trinajstić information content (AvgIpc) is 3.83. The standard InChI is InChI=1S/C45H30BN3OS/c1-45(2,3)26-16-18-27(19-17-26)46-31-20-15-25-9-8-12-33-40(25)43(31)49(34-21-22-39-41(42(34)46)29-11-5-7-14-38(29)51-39)44-47-32-23-30-28-10-4-6-13-36(28)50-37(30)24-35(32)48(33)44/h4-24H,1-3H3. The molecule has 0 N–H and O–H groups in total. The molecule has 5 heterocycles. The Morgan fingerprint density at radius 2 is 1.49 bits per heavy atom. The Morgan fingerprint density at radius 1 is 0.667 bits per heavy atom. The first kappa shape index (κ1) is 27.9. The molecule has 6 heteroatoms. The lowest BCUT2D eigenvalue weighted by Gasteiger charge is -2.31. The molecule has 0 amide bonds. The molecule has 1 aliphatic rings. The third-order valence-corrected chi connectivity index (χ3v) is 12.5. The summed E-state index contributed by atoms with van der Waals surface area (Å²) in [5, 5.41) is 7.34. The molecule has 1 aliphatic heterocycles. The Balaban J connectivity index is 1.29. The van der Waals surface area contributed by atoms with Gasteiger partial charge in [0.05, 0.1) is 22.1 Å². The molecule has 12 rings (SSSR count). The zero-order valence-electron chi connectivity index (χ0n) is 28.4. The van der Waals surface area contributed by atoms with Crippen LogP contribution in [0.1, 0.15) is 26.3 Å². The molecule has 240 valence electrons. The second-order valence-electron chi connectivity index (χ2n) is 15.2. The topological polar surface area (TPSA) is 35.4 Å². The predicted octanol–water partition coefficient (Wildman–Crippen LogP) is 9.98. The molecule has 0 fully saturated rings. The van der Waals surface area contributed by atoms with Crippen LogP contribution in [0, 0.1) is 0 Å². The minimum absolute atomic E-state index is 0.0454. The van der Waals surface area contributed by atoms with Crippen molar-refractivity contribution in [2.45, 2.75) is 26.2 Å². The Kier molecular flexibility index (Phi) is 5.19. The van der Waals surface area contributed by atoms with E-state index in [4.69, 9.17) is 9.40 Å². The first-order chi connectivity index (χ1) is 24.9. The van der Waals surface area contributed by atoms with Crippen molar-refractivity contribution >= 4 is 115 Å². The lowest BCUT2D eigenvalue weighted by molar-refractivity contribution is 0.590. The van der Waals surface area contributed by atoms with Gasteiger partial charge in [-0.05, 0) is 74.5 Å². The van der Waals surface area contributed by atoms with Crippen LogP contribution < -0.4 is 16.4 Å². The fourth-order valence-electron chi connectivity index (χ4n) is 9.01. The highest BCUT2D eigenvalue weighted by Crippen LogP contribution is 2.40. The van der Waals surface area contributed by atoms with E-state index in [0.29, 0.717) is 0 Å². The van der Waals surface area contributed by atoms with E-state index in [-0.39, 0.29) is 12.1 Å². The number of furan rings is 1. The summed E-state index contributed by atoms with van der Waals surface area (Å²) in [6, 6.07) is 47.1. The molecule has 7 aromatic carbocycles. The van der Waals surface area contributed by atoms with Crippen LogP contribution in [0.3, 0.4) is 0 Å². The van der Waals surface area contributed by atoms with Crippen LogP contribution in [0.2, 0.25) is 0 Å². The molecule has 0 bridgehead atoms. The summed E-state index contributed by atoms with van der Waals surface area (Å²) in [6.07, 6.45) is 0. The van der Waals surface area contributed by atoms with Crippen molar-refractivity contribution in [3.05, 3.63) is 133 Å². The number of imidazole rings is 1. The van der Waals surface area contributed by atoms with Crippen molar-refractivity contribution in [2.75, 3.05) is 0 Å². The number of benzene rings is 7. The molecule has 0 radical (unpaired) electrons. The van der Waals surface area contributed by atoms with Gasteiger partial charge in [0.2, 0.25) is 12.5 Å². The Hall–Kier alpha value is -5.85. The van der Waals surface area contributed by atoms with E-state index in [1.807, 2.05) is 23.5 Å². The monoisotopic (exact) mass is 671 g/mol. The summed E-state index contributed by atoms with van der Waals surface area (Å²) >= 11 is 1.88. The quantitative estimate of drug-likeness (QED) is 0.163. The maximum atomic E-state index is 6.42. The minimum atomic E-state index is 0.0454. The normalized spacial score (nSPS) is 13.4. The zero-order chi connectivity index (χ0) is 33.7. The first-order valence-corrected chi connectivity index (χ1v) is 18.5. The predicted molar refractivity (Wildman–Crippen MR) is 217 cm³/mol. The van der Waals surface area contributed by atoms with Crippen LogP contribution in [-0.2, 0) is 5.41 Å². The molecule has 0 unspecified atom stereocenters. The summed E-state index contributed by atoms with van der Waals surface area (Å²) in [6.45, 7) is 6.91. The number of aromatic nitrogens is 3. The van der Waals surface area contributed by atoms with Gasteiger partial charge in [-0.1, -0.05) is 111 Å². The molecule has 0 spiro atoms. The molecular weight excluding hydrogens is 641 g/mol. The van der Waals surface area contributed by atoms with Gasteiger partial charge in [-0.3, -0.25) is 8.97 Å². The molecule has 4 nitrogen and oxygen atoms in total. The highest BCUT2D eigenvalue weighted by molar-refractivity contribution is 7.26. The third kappa shape index (κ3) is 3.57. The van der Waals surface area contributed by atoms with Crippen LogP contribution in [0.25, 0.3) is 86.4 Å². The summed E-state index contributed by atoms with van der Waals surface area (Å²) in [4.78, 5) is 5.52. The van der Waals surface area contributed by atoms with E-state index < -0.39 is 0 Å². The van der Waals surface area contributed by atoms with E-state index in [2.05, 4.69) is 145 Å². The zero-order valence-corrected chi connectivity index (χ0v) is 29.2. The second-order valence-corrected chi connectivity index (χ2v) is 16.3. The average molecular weight is 672 g/mol. The van der Waals surface area contributed by atoms with Gasteiger partial charge in [-0.2, -0.15) is 0 Å². The second kappa shape index (κ2) is 9.48. The van der Waals surface area contributed by atoms with Crippen molar-refractivity contribution in [1.82, 2.24) is 14.0 Å². The van der Waals surface area contributed by atoms with Crippen LogP contribution in [0.5, 0.6) is 0 Å². The highest BCUT2D eigenvalue weighted by Gasteiger charge is 2.36. The maximum Gasteiger partial charge on any atom is 0.247 e. The summed E-state index contributed by atoms with van der Waals surface area (Å²) < 4.78 is 13.9. The smallest absolute Gasteiger partial charge is 0.247 e. The van der Waals surface area contributed by atoms with Gasteiger partial charge in [0.15, 0.2) is 0 Å². The molecular formula is C45H30BN3OS. The van der Waals surface area contributed by atoms with Gasteiger partial charge in [0.25, 0.3) is 0 Å². The Bertz CT molecular complexity index is 3300. The summed E-state index contributed by atoms with van der Waals surface area (Å²) in [5.41, 5.74) is 12.7. The molecule has 0 aliphatic carbocycles. The molecule has 0 saturated heterocycles. The lowest BCUT2D eigenvalue weighted by Crippen LogP contribution is -2.56. The van der Waals surface area contributed by atoms with Crippen LogP contribution in [-0.4, -0.2) is 20.7 Å². The van der Waals surface area contributed by atoms with E-state index in [1.165, 1.54) is 64.1 Å². The largest absolute Gasteiger partial charge is 0.456 e. The Labute approximate surface area is 297 Å². The number of para-hydroxylation sites is 1. The van der Waals surface area contributed by atoms with Crippen molar-refractivity contribution in [3.8, 4) is 5.69 Å². The summed E-state index contributed by atoms with van der Waals surface area (Å²) in [5.74, 6) is 0.913. The fraction of sp³-hybridized carbons (Fsp3) is 0.0889. The van der Waals surface area contributed by atoms with Gasteiger partial charge in [0.1, 0.15) is 11.2 Å². The highest BCUT2D eigenvalue weighted by atomic mass is 32.1. The van der Waals surface area contributed by atoms with Crippen molar-refractivity contribution in [3.63, 3.8) is 0 Å². The summed E-state index contributed by atoms with van der Waals surface area (Å²) in [7, 11) is 0. The number of rotatable bonds is 1. The van der Waals surface area contributed by atoms with Gasteiger partial charge in [-0.25, -0.2) is 4.98 Å². The fourth-order valence-corrected chi connectivity index (χ4v) is 10.1. The molecule has 11 aromatic rings. The minimum Gasteiger partial charge on any atom is -0.456 e. The Morgan fingerprint density at radius 3 is 2.35 bits per heavy atom. The number of hydrogen-bond donors (Lipinski definition) is 0. The number of nitrogens with zero attached hydrogens (tertiary/aromatic N) is 3. The van der Waals surface area contributed by atoms with Gasteiger partial charge >= 0.3 is 0 Å². The maximum absolute atomic E-state index is 6.42. The van der Waals surface area contributed by atoms with Gasteiger partial charge in [0, 0.05) is 37.3 Å². The van der Waals surface area contributed by atoms with Crippen molar-refractivity contribution < 1.29 is 4.42 Å².